The number of fused-ring (bicyclic) bond motifs is 1. The van der Waals surface area contributed by atoms with Crippen LogP contribution in [0.15, 0.2) is 18.2 Å². The molecule has 1 heterocycles. The van der Waals surface area contributed by atoms with Gasteiger partial charge in [-0.05, 0) is 23.6 Å². The summed E-state index contributed by atoms with van der Waals surface area (Å²) in [6.45, 7) is 6.48. The van der Waals surface area contributed by atoms with Crippen molar-refractivity contribution in [2.75, 3.05) is 6.61 Å². The minimum Gasteiger partial charge on any atom is -0.493 e. The molecule has 0 saturated carbocycles. The molecule has 0 spiro atoms. The molecule has 2 rings (SSSR count). The molecule has 3 unspecified atom stereocenters. The number of hydrogen-bond donors (Lipinski definition) is 2. The van der Waals surface area contributed by atoms with E-state index < -0.39 is 0 Å². The molecule has 0 aromatic heterocycles. The topological polar surface area (TPSA) is 64.3 Å². The monoisotopic (exact) mass is 276 g/mol. The second kappa shape index (κ2) is 6.27. The van der Waals surface area contributed by atoms with Crippen LogP contribution in [0.3, 0.4) is 0 Å². The zero-order chi connectivity index (χ0) is 14.7. The highest BCUT2D eigenvalue weighted by molar-refractivity contribution is 5.73. The number of hydrogen-bond acceptors (Lipinski definition) is 3. The fraction of sp³-hybridized carbons (Fsp3) is 0.562. The van der Waals surface area contributed by atoms with Crippen molar-refractivity contribution in [1.82, 2.24) is 5.32 Å². The van der Waals surface area contributed by atoms with E-state index in [4.69, 9.17) is 10.5 Å². The minimum atomic E-state index is -0.0144. The third kappa shape index (κ3) is 3.12. The van der Waals surface area contributed by atoms with Crippen LogP contribution in [0, 0.1) is 5.92 Å². The van der Waals surface area contributed by atoms with Crippen LogP contribution >= 0.6 is 0 Å². The van der Waals surface area contributed by atoms with E-state index in [1.165, 1.54) is 0 Å². The molecule has 1 aromatic carbocycles. The van der Waals surface area contributed by atoms with E-state index in [-0.39, 0.29) is 18.0 Å². The van der Waals surface area contributed by atoms with Crippen LogP contribution in [0.2, 0.25) is 0 Å². The number of nitrogens with one attached hydrogen (secondary N) is 1. The highest BCUT2D eigenvalue weighted by atomic mass is 16.5. The quantitative estimate of drug-likeness (QED) is 0.888. The van der Waals surface area contributed by atoms with Crippen LogP contribution < -0.4 is 15.8 Å². The van der Waals surface area contributed by atoms with Gasteiger partial charge in [-0.15, -0.1) is 0 Å². The first-order valence-corrected chi connectivity index (χ1v) is 7.32. The molecule has 1 aliphatic rings. The summed E-state index contributed by atoms with van der Waals surface area (Å²) in [7, 11) is 0. The van der Waals surface area contributed by atoms with Gasteiger partial charge in [-0.2, -0.15) is 0 Å². The Balaban J connectivity index is 2.29. The Morgan fingerprint density at radius 3 is 2.95 bits per heavy atom. The zero-order valence-electron chi connectivity index (χ0n) is 12.5. The van der Waals surface area contributed by atoms with E-state index in [2.05, 4.69) is 25.2 Å². The lowest BCUT2D eigenvalue weighted by Gasteiger charge is -2.28. The molecule has 3 atom stereocenters. The van der Waals surface area contributed by atoms with E-state index in [1.54, 1.807) is 6.92 Å². The second-order valence-corrected chi connectivity index (χ2v) is 5.60. The molecule has 0 radical (unpaired) electrons. The lowest BCUT2D eigenvalue weighted by molar-refractivity contribution is -0.119. The SMILES string of the molecule is CCC(C)C(N)c1ccc2c(c1)C(NC(C)=O)CCO2. The standard InChI is InChI=1S/C16H24N2O2/c1-4-10(2)16(17)12-5-6-15-13(9-12)14(7-8-20-15)18-11(3)19/h5-6,9-10,14,16H,4,7-8,17H2,1-3H3,(H,18,19). The molecule has 4 nitrogen and oxygen atoms in total. The number of ether oxygens (including phenoxy) is 1. The zero-order valence-corrected chi connectivity index (χ0v) is 12.5. The summed E-state index contributed by atoms with van der Waals surface area (Å²) in [5, 5.41) is 2.99. The number of carbonyl (C=O) groups is 1. The number of carbonyl (C=O) groups excluding carboxylic acids is 1. The fourth-order valence-electron chi connectivity index (χ4n) is 2.60. The molecule has 0 aliphatic carbocycles. The van der Waals surface area contributed by atoms with E-state index in [0.717, 1.165) is 29.7 Å². The Labute approximate surface area is 120 Å². The molecule has 1 aromatic rings. The maximum absolute atomic E-state index is 11.3. The summed E-state index contributed by atoms with van der Waals surface area (Å²) < 4.78 is 5.66. The van der Waals surface area contributed by atoms with E-state index in [0.29, 0.717) is 12.5 Å². The lowest BCUT2D eigenvalue weighted by Crippen LogP contribution is -2.30. The summed E-state index contributed by atoms with van der Waals surface area (Å²) in [4.78, 5) is 11.3. The minimum absolute atomic E-state index is 0.0144. The third-order valence-corrected chi connectivity index (χ3v) is 4.09. The summed E-state index contributed by atoms with van der Waals surface area (Å²) >= 11 is 0. The molecule has 20 heavy (non-hydrogen) atoms. The van der Waals surface area contributed by atoms with Gasteiger partial charge in [-0.3, -0.25) is 4.79 Å². The van der Waals surface area contributed by atoms with Gasteiger partial charge in [0.1, 0.15) is 5.75 Å². The molecule has 0 bridgehead atoms. The van der Waals surface area contributed by atoms with Gasteiger partial charge >= 0.3 is 0 Å². The number of rotatable bonds is 4. The Morgan fingerprint density at radius 1 is 1.55 bits per heavy atom. The smallest absolute Gasteiger partial charge is 0.217 e. The normalized spacial score (nSPS) is 20.5. The molecular formula is C16H24N2O2. The van der Waals surface area contributed by atoms with Crippen LogP contribution in [0.25, 0.3) is 0 Å². The van der Waals surface area contributed by atoms with Gasteiger partial charge in [0, 0.05) is 24.9 Å². The predicted molar refractivity (Wildman–Crippen MR) is 79.5 cm³/mol. The average Bonchev–Trinajstić information content (AvgIpc) is 2.45. The average molecular weight is 276 g/mol. The van der Waals surface area contributed by atoms with Gasteiger partial charge in [0.25, 0.3) is 0 Å². The summed E-state index contributed by atoms with van der Waals surface area (Å²) in [5.74, 6) is 1.27. The highest BCUT2D eigenvalue weighted by Gasteiger charge is 2.24. The number of amides is 1. The Morgan fingerprint density at radius 2 is 2.30 bits per heavy atom. The largest absolute Gasteiger partial charge is 0.493 e. The molecule has 1 aliphatic heterocycles. The third-order valence-electron chi connectivity index (χ3n) is 4.09. The Bertz CT molecular complexity index is 487. The van der Waals surface area contributed by atoms with Crippen molar-refractivity contribution in [2.24, 2.45) is 11.7 Å². The number of benzene rings is 1. The van der Waals surface area contributed by atoms with Crippen molar-refractivity contribution in [3.63, 3.8) is 0 Å². The first-order valence-electron chi connectivity index (χ1n) is 7.32. The van der Waals surface area contributed by atoms with E-state index in [1.807, 2.05) is 12.1 Å². The molecular weight excluding hydrogens is 252 g/mol. The maximum atomic E-state index is 11.3. The van der Waals surface area contributed by atoms with Gasteiger partial charge in [-0.25, -0.2) is 0 Å². The summed E-state index contributed by atoms with van der Waals surface area (Å²) in [6.07, 6.45) is 1.85. The van der Waals surface area contributed by atoms with Crippen molar-refractivity contribution in [3.05, 3.63) is 29.3 Å². The molecule has 1 amide bonds. The molecule has 3 N–H and O–H groups in total. The van der Waals surface area contributed by atoms with Crippen molar-refractivity contribution in [2.45, 2.75) is 45.7 Å². The summed E-state index contributed by atoms with van der Waals surface area (Å²) in [5.41, 5.74) is 8.46. The first-order chi connectivity index (χ1) is 9.52. The van der Waals surface area contributed by atoms with Gasteiger partial charge in [0.05, 0.1) is 12.6 Å². The van der Waals surface area contributed by atoms with Crippen LogP contribution in [-0.4, -0.2) is 12.5 Å². The van der Waals surface area contributed by atoms with Crippen molar-refractivity contribution in [1.29, 1.82) is 0 Å². The van der Waals surface area contributed by atoms with Crippen LogP contribution in [-0.2, 0) is 4.79 Å². The number of nitrogens with two attached hydrogens (primary N) is 1. The van der Waals surface area contributed by atoms with E-state index >= 15 is 0 Å². The van der Waals surface area contributed by atoms with Crippen LogP contribution in [0.5, 0.6) is 5.75 Å². The van der Waals surface area contributed by atoms with Gasteiger partial charge in [0.15, 0.2) is 0 Å². The Hall–Kier alpha value is -1.55. The summed E-state index contributed by atoms with van der Waals surface area (Å²) in [6, 6.07) is 6.14. The van der Waals surface area contributed by atoms with Crippen molar-refractivity contribution < 1.29 is 9.53 Å². The maximum Gasteiger partial charge on any atom is 0.217 e. The van der Waals surface area contributed by atoms with Gasteiger partial charge in [0.2, 0.25) is 5.91 Å². The highest BCUT2D eigenvalue weighted by Crippen LogP contribution is 2.35. The predicted octanol–water partition coefficient (Wildman–Crippen LogP) is 2.69. The van der Waals surface area contributed by atoms with Gasteiger partial charge < -0.3 is 15.8 Å². The molecule has 4 heteroatoms. The van der Waals surface area contributed by atoms with Crippen LogP contribution in [0.1, 0.15) is 56.8 Å². The molecule has 0 fully saturated rings. The van der Waals surface area contributed by atoms with E-state index in [9.17, 15) is 4.79 Å². The van der Waals surface area contributed by atoms with Gasteiger partial charge in [-0.1, -0.05) is 26.3 Å². The Kier molecular flexibility index (Phi) is 4.65. The van der Waals surface area contributed by atoms with Crippen molar-refractivity contribution in [3.8, 4) is 5.75 Å². The fourth-order valence-corrected chi connectivity index (χ4v) is 2.60. The lowest BCUT2D eigenvalue weighted by atomic mass is 9.90. The second-order valence-electron chi connectivity index (χ2n) is 5.60. The first kappa shape index (κ1) is 14.9. The molecule has 110 valence electrons. The molecule has 0 saturated heterocycles. The van der Waals surface area contributed by atoms with Crippen molar-refractivity contribution >= 4 is 5.91 Å². The van der Waals surface area contributed by atoms with Crippen LogP contribution in [0.4, 0.5) is 0 Å².